The van der Waals surface area contributed by atoms with Gasteiger partial charge in [-0.15, -0.1) is 0 Å². The van der Waals surface area contributed by atoms with E-state index < -0.39 is 0 Å². The van der Waals surface area contributed by atoms with Gasteiger partial charge in [0.1, 0.15) is 11.5 Å². The summed E-state index contributed by atoms with van der Waals surface area (Å²) in [5, 5.41) is 9.86. The topological polar surface area (TPSA) is 29.5 Å². The number of aryl methyl sites for hydroxylation is 1. The van der Waals surface area contributed by atoms with Gasteiger partial charge in [0.2, 0.25) is 0 Å². The van der Waals surface area contributed by atoms with E-state index in [4.69, 9.17) is 16.3 Å². The van der Waals surface area contributed by atoms with E-state index in [1.54, 1.807) is 6.07 Å². The molecule has 0 amide bonds. The number of ether oxygens (including phenoxy) is 1. The lowest BCUT2D eigenvalue weighted by molar-refractivity contribution is 0.276. The van der Waals surface area contributed by atoms with Crippen molar-refractivity contribution in [1.82, 2.24) is 0 Å². The molecule has 0 aliphatic carbocycles. The Bertz CT molecular complexity index is 570. The van der Waals surface area contributed by atoms with Crippen LogP contribution in [-0.2, 0) is 6.61 Å². The Balaban J connectivity index is 2.33. The van der Waals surface area contributed by atoms with Gasteiger partial charge in [0.05, 0.1) is 11.6 Å². The Hall–Kier alpha value is -1.03. The molecule has 2 aromatic carbocycles. The fourth-order valence-electron chi connectivity index (χ4n) is 1.58. The first-order valence-electron chi connectivity index (χ1n) is 5.43. The molecule has 0 aliphatic rings. The standard InChI is InChI=1S/C14H12BrClO2/c1-9-2-4-14(12(16)6-9)18-13-5-3-11(15)7-10(13)8-17/h2-7,17H,8H2,1H3. The molecule has 2 nitrogen and oxygen atoms in total. The summed E-state index contributed by atoms with van der Waals surface area (Å²) in [5.41, 5.74) is 1.78. The first-order valence-corrected chi connectivity index (χ1v) is 6.60. The molecule has 0 saturated carbocycles. The molecule has 0 aliphatic heterocycles. The van der Waals surface area contributed by atoms with Crippen LogP contribution in [0.5, 0.6) is 11.5 Å². The van der Waals surface area contributed by atoms with Crippen LogP contribution in [0, 0.1) is 6.92 Å². The van der Waals surface area contributed by atoms with Crippen molar-refractivity contribution >= 4 is 27.5 Å². The van der Waals surface area contributed by atoms with Crippen molar-refractivity contribution in [1.29, 1.82) is 0 Å². The van der Waals surface area contributed by atoms with Crippen molar-refractivity contribution in [3.63, 3.8) is 0 Å². The summed E-state index contributed by atoms with van der Waals surface area (Å²) in [6.07, 6.45) is 0. The molecule has 4 heteroatoms. The lowest BCUT2D eigenvalue weighted by Gasteiger charge is -2.11. The van der Waals surface area contributed by atoms with Gasteiger partial charge in [-0.05, 0) is 42.8 Å². The van der Waals surface area contributed by atoms with E-state index in [-0.39, 0.29) is 6.61 Å². The first-order chi connectivity index (χ1) is 8.60. The van der Waals surface area contributed by atoms with Crippen molar-refractivity contribution < 1.29 is 9.84 Å². The zero-order valence-electron chi connectivity index (χ0n) is 9.78. The highest BCUT2D eigenvalue weighted by molar-refractivity contribution is 9.10. The van der Waals surface area contributed by atoms with Gasteiger partial charge in [-0.1, -0.05) is 33.6 Å². The Morgan fingerprint density at radius 1 is 1.17 bits per heavy atom. The number of aliphatic hydroxyl groups excluding tert-OH is 1. The Morgan fingerprint density at radius 2 is 1.89 bits per heavy atom. The van der Waals surface area contributed by atoms with Gasteiger partial charge in [-0.2, -0.15) is 0 Å². The molecule has 2 rings (SSSR count). The van der Waals surface area contributed by atoms with E-state index in [1.807, 2.05) is 37.3 Å². The van der Waals surface area contributed by atoms with Crippen LogP contribution in [0.2, 0.25) is 5.02 Å². The third-order valence-electron chi connectivity index (χ3n) is 2.50. The molecule has 0 spiro atoms. The molecular formula is C14H12BrClO2. The maximum Gasteiger partial charge on any atom is 0.146 e. The van der Waals surface area contributed by atoms with Gasteiger partial charge in [-0.25, -0.2) is 0 Å². The molecule has 1 N–H and O–H groups in total. The van der Waals surface area contributed by atoms with Crippen LogP contribution < -0.4 is 4.74 Å². The predicted molar refractivity (Wildman–Crippen MR) is 76.3 cm³/mol. The van der Waals surface area contributed by atoms with Crippen molar-refractivity contribution in [3.05, 3.63) is 57.0 Å². The maximum absolute atomic E-state index is 9.30. The SMILES string of the molecule is Cc1ccc(Oc2ccc(Br)cc2CO)c(Cl)c1. The normalized spacial score (nSPS) is 10.4. The maximum atomic E-state index is 9.30. The Labute approximate surface area is 119 Å². The molecule has 0 fully saturated rings. The third-order valence-corrected chi connectivity index (χ3v) is 3.29. The molecule has 0 radical (unpaired) electrons. The minimum atomic E-state index is -0.0851. The lowest BCUT2D eigenvalue weighted by Crippen LogP contribution is -1.92. The molecule has 0 saturated heterocycles. The van der Waals surface area contributed by atoms with Crippen LogP contribution in [-0.4, -0.2) is 5.11 Å². The minimum Gasteiger partial charge on any atom is -0.455 e. The highest BCUT2D eigenvalue weighted by Crippen LogP contribution is 2.33. The second kappa shape index (κ2) is 5.74. The van der Waals surface area contributed by atoms with Crippen LogP contribution in [0.25, 0.3) is 0 Å². The summed E-state index contributed by atoms with van der Waals surface area (Å²) < 4.78 is 6.63. The zero-order chi connectivity index (χ0) is 13.1. The number of halogens is 2. The van der Waals surface area contributed by atoms with Gasteiger partial charge in [0.15, 0.2) is 0 Å². The molecule has 0 atom stereocenters. The first kappa shape index (κ1) is 13.4. The summed E-state index contributed by atoms with van der Waals surface area (Å²) in [7, 11) is 0. The van der Waals surface area contributed by atoms with E-state index >= 15 is 0 Å². The largest absolute Gasteiger partial charge is 0.455 e. The smallest absolute Gasteiger partial charge is 0.146 e. The Morgan fingerprint density at radius 3 is 2.56 bits per heavy atom. The van der Waals surface area contributed by atoms with Gasteiger partial charge < -0.3 is 9.84 Å². The highest BCUT2D eigenvalue weighted by atomic mass is 79.9. The summed E-state index contributed by atoms with van der Waals surface area (Å²) in [6.45, 7) is 1.88. The number of benzene rings is 2. The molecule has 0 heterocycles. The number of rotatable bonds is 3. The lowest BCUT2D eigenvalue weighted by atomic mass is 10.2. The van der Waals surface area contributed by atoms with Crippen LogP contribution in [0.3, 0.4) is 0 Å². The monoisotopic (exact) mass is 326 g/mol. The number of aliphatic hydroxyl groups is 1. The van der Waals surface area contributed by atoms with Crippen molar-refractivity contribution in [2.24, 2.45) is 0 Å². The molecule has 0 unspecified atom stereocenters. The minimum absolute atomic E-state index is 0.0851. The highest BCUT2D eigenvalue weighted by Gasteiger charge is 2.08. The van der Waals surface area contributed by atoms with E-state index in [2.05, 4.69) is 15.9 Å². The van der Waals surface area contributed by atoms with Crippen molar-refractivity contribution in [3.8, 4) is 11.5 Å². The second-order valence-electron chi connectivity index (χ2n) is 3.95. The van der Waals surface area contributed by atoms with Gasteiger partial charge >= 0.3 is 0 Å². The predicted octanol–water partition coefficient (Wildman–Crippen LogP) is 4.70. The van der Waals surface area contributed by atoms with Crippen molar-refractivity contribution in [2.45, 2.75) is 13.5 Å². The average molecular weight is 328 g/mol. The fourth-order valence-corrected chi connectivity index (χ4v) is 2.26. The third kappa shape index (κ3) is 3.05. The van der Waals surface area contributed by atoms with Crippen LogP contribution in [0.15, 0.2) is 40.9 Å². The van der Waals surface area contributed by atoms with Crippen LogP contribution in [0.1, 0.15) is 11.1 Å². The summed E-state index contributed by atoms with van der Waals surface area (Å²) in [4.78, 5) is 0. The van der Waals surface area contributed by atoms with Crippen LogP contribution >= 0.6 is 27.5 Å². The molecule has 0 bridgehead atoms. The van der Waals surface area contributed by atoms with E-state index in [1.165, 1.54) is 0 Å². The molecule has 18 heavy (non-hydrogen) atoms. The second-order valence-corrected chi connectivity index (χ2v) is 5.27. The van der Waals surface area contributed by atoms with E-state index in [9.17, 15) is 5.11 Å². The van der Waals surface area contributed by atoms with E-state index in [0.29, 0.717) is 22.1 Å². The fraction of sp³-hybridized carbons (Fsp3) is 0.143. The molecular weight excluding hydrogens is 316 g/mol. The number of hydrogen-bond acceptors (Lipinski definition) is 2. The molecule has 0 aromatic heterocycles. The van der Waals surface area contributed by atoms with Gasteiger partial charge in [-0.3, -0.25) is 0 Å². The van der Waals surface area contributed by atoms with Gasteiger partial charge in [0, 0.05) is 10.0 Å². The zero-order valence-corrected chi connectivity index (χ0v) is 12.1. The van der Waals surface area contributed by atoms with Gasteiger partial charge in [0.25, 0.3) is 0 Å². The summed E-state index contributed by atoms with van der Waals surface area (Å²) in [5.74, 6) is 1.19. The number of hydrogen-bond donors (Lipinski definition) is 1. The van der Waals surface area contributed by atoms with Crippen molar-refractivity contribution in [2.75, 3.05) is 0 Å². The van der Waals surface area contributed by atoms with Crippen LogP contribution in [0.4, 0.5) is 0 Å². The summed E-state index contributed by atoms with van der Waals surface area (Å²) >= 11 is 9.46. The molecule has 94 valence electrons. The quantitative estimate of drug-likeness (QED) is 0.885. The van der Waals surface area contributed by atoms with E-state index in [0.717, 1.165) is 10.0 Å². The molecule has 2 aromatic rings. The Kier molecular flexibility index (Phi) is 4.27. The summed E-state index contributed by atoms with van der Waals surface area (Å²) in [6, 6.07) is 11.1. The average Bonchev–Trinajstić information content (AvgIpc) is 2.34.